The molecule has 1 N–H and O–H groups in total. The highest BCUT2D eigenvalue weighted by Crippen LogP contribution is 2.23. The Kier molecular flexibility index (Phi) is 3.23. The van der Waals surface area contributed by atoms with Gasteiger partial charge in [0.2, 0.25) is 0 Å². The molecular formula is C15H10ClNOS. The topological polar surface area (TPSA) is 32.9 Å². The summed E-state index contributed by atoms with van der Waals surface area (Å²) in [7, 11) is 0. The van der Waals surface area contributed by atoms with Gasteiger partial charge < -0.3 is 4.98 Å². The van der Waals surface area contributed by atoms with Gasteiger partial charge in [-0.3, -0.25) is 4.79 Å². The van der Waals surface area contributed by atoms with Crippen LogP contribution in [0.25, 0.3) is 17.0 Å². The van der Waals surface area contributed by atoms with Crippen molar-refractivity contribution in [3.63, 3.8) is 0 Å². The summed E-state index contributed by atoms with van der Waals surface area (Å²) in [4.78, 5) is 16.3. The first-order valence-corrected chi connectivity index (χ1v) is 7.02. The molecule has 2 heterocycles. The van der Waals surface area contributed by atoms with E-state index in [2.05, 4.69) is 4.98 Å². The molecule has 0 spiro atoms. The molecule has 19 heavy (non-hydrogen) atoms. The van der Waals surface area contributed by atoms with Gasteiger partial charge in [-0.1, -0.05) is 23.7 Å². The summed E-state index contributed by atoms with van der Waals surface area (Å²) in [5.41, 5.74) is 1.54. The predicted molar refractivity (Wildman–Crippen MR) is 81.0 cm³/mol. The van der Waals surface area contributed by atoms with E-state index in [0.29, 0.717) is 10.6 Å². The van der Waals surface area contributed by atoms with Crippen molar-refractivity contribution in [3.8, 4) is 0 Å². The summed E-state index contributed by atoms with van der Waals surface area (Å²) in [6.45, 7) is 0. The number of hydrogen-bond donors (Lipinski definition) is 1. The number of benzene rings is 1. The summed E-state index contributed by atoms with van der Waals surface area (Å²) in [5, 5.41) is 3.53. The molecule has 0 saturated carbocycles. The van der Waals surface area contributed by atoms with Crippen molar-refractivity contribution < 1.29 is 4.79 Å². The number of aromatic amines is 1. The Bertz CT molecular complexity index is 756. The van der Waals surface area contributed by atoms with Gasteiger partial charge >= 0.3 is 0 Å². The van der Waals surface area contributed by atoms with Crippen molar-refractivity contribution >= 4 is 45.7 Å². The molecule has 94 valence electrons. The minimum atomic E-state index is -0.0121. The molecule has 0 amide bonds. The summed E-state index contributed by atoms with van der Waals surface area (Å²) in [6.07, 6.45) is 5.16. The largest absolute Gasteiger partial charge is 0.360 e. The third-order valence-corrected chi connectivity index (χ3v) is 3.92. The van der Waals surface area contributed by atoms with Crippen molar-refractivity contribution in [1.29, 1.82) is 0 Å². The molecule has 2 nitrogen and oxygen atoms in total. The molecule has 0 radical (unpaired) electrons. The quantitative estimate of drug-likeness (QED) is 0.546. The minimum absolute atomic E-state index is 0.0121. The van der Waals surface area contributed by atoms with Crippen LogP contribution in [-0.4, -0.2) is 10.8 Å². The molecule has 0 fully saturated rings. The zero-order valence-corrected chi connectivity index (χ0v) is 11.5. The number of rotatable bonds is 3. The van der Waals surface area contributed by atoms with Crippen LogP contribution in [0.5, 0.6) is 0 Å². The molecule has 3 rings (SSSR count). The number of nitrogens with one attached hydrogen (secondary N) is 1. The Morgan fingerprint density at radius 3 is 3.00 bits per heavy atom. The zero-order chi connectivity index (χ0) is 13.2. The van der Waals surface area contributed by atoms with Gasteiger partial charge in [-0.05, 0) is 35.7 Å². The lowest BCUT2D eigenvalue weighted by molar-refractivity contribution is 0.104. The van der Waals surface area contributed by atoms with E-state index in [1.165, 1.54) is 0 Å². The Balaban J connectivity index is 1.94. The molecule has 0 aliphatic carbocycles. The first-order valence-electron chi connectivity index (χ1n) is 5.76. The van der Waals surface area contributed by atoms with Crippen LogP contribution in [0.2, 0.25) is 5.02 Å². The van der Waals surface area contributed by atoms with E-state index in [-0.39, 0.29) is 5.78 Å². The zero-order valence-electron chi connectivity index (χ0n) is 9.89. The van der Waals surface area contributed by atoms with Gasteiger partial charge in [0.05, 0.1) is 0 Å². The normalized spacial score (nSPS) is 11.4. The molecule has 0 aliphatic heterocycles. The van der Waals surface area contributed by atoms with Crippen molar-refractivity contribution in [3.05, 3.63) is 63.4 Å². The lowest BCUT2D eigenvalue weighted by Crippen LogP contribution is -1.91. The van der Waals surface area contributed by atoms with Crippen LogP contribution in [0.4, 0.5) is 0 Å². The van der Waals surface area contributed by atoms with E-state index in [4.69, 9.17) is 11.6 Å². The van der Waals surface area contributed by atoms with E-state index >= 15 is 0 Å². The molecule has 4 heteroatoms. The number of ketones is 1. The lowest BCUT2D eigenvalue weighted by atomic mass is 10.1. The third kappa shape index (κ3) is 2.48. The number of allylic oxidation sites excluding steroid dienone is 1. The maximum Gasteiger partial charge on any atom is 0.188 e. The Morgan fingerprint density at radius 2 is 2.21 bits per heavy atom. The van der Waals surface area contributed by atoms with Gasteiger partial charge in [0.25, 0.3) is 0 Å². The van der Waals surface area contributed by atoms with Crippen LogP contribution >= 0.6 is 22.9 Å². The molecule has 3 aromatic rings. The molecule has 0 atom stereocenters. The van der Waals surface area contributed by atoms with Crippen LogP contribution in [-0.2, 0) is 0 Å². The van der Waals surface area contributed by atoms with Gasteiger partial charge in [-0.25, -0.2) is 0 Å². The summed E-state index contributed by atoms with van der Waals surface area (Å²) in [5.74, 6) is -0.0121. The second-order valence-corrected chi connectivity index (χ2v) is 5.52. The highest BCUT2D eigenvalue weighted by molar-refractivity contribution is 7.10. The highest BCUT2D eigenvalue weighted by Gasteiger charge is 2.09. The summed E-state index contributed by atoms with van der Waals surface area (Å²) < 4.78 is 0. The summed E-state index contributed by atoms with van der Waals surface area (Å²) >= 11 is 7.52. The van der Waals surface area contributed by atoms with E-state index in [1.807, 2.05) is 35.7 Å². The molecule has 1 aromatic carbocycles. The molecule has 0 saturated heterocycles. The molecule has 0 aliphatic rings. The fourth-order valence-electron chi connectivity index (χ4n) is 1.94. The number of carbonyl (C=O) groups is 1. The molecule has 0 unspecified atom stereocenters. The van der Waals surface area contributed by atoms with Crippen molar-refractivity contribution in [2.75, 3.05) is 0 Å². The van der Waals surface area contributed by atoms with Gasteiger partial charge in [0, 0.05) is 32.6 Å². The second kappa shape index (κ2) is 5.03. The Morgan fingerprint density at radius 1 is 1.32 bits per heavy atom. The lowest BCUT2D eigenvalue weighted by Gasteiger charge is -1.94. The maximum atomic E-state index is 12.2. The van der Waals surface area contributed by atoms with Crippen molar-refractivity contribution in [2.24, 2.45) is 0 Å². The van der Waals surface area contributed by atoms with Crippen LogP contribution in [0.15, 0.2) is 48.0 Å². The van der Waals surface area contributed by atoms with Gasteiger partial charge in [-0.15, -0.1) is 11.3 Å². The standard InChI is InChI=1S/C15H10ClNOS/c16-10-3-5-12-13(9-17-14(12)8-10)15(18)6-4-11-2-1-7-19-11/h1-9,17H. The van der Waals surface area contributed by atoms with Crippen LogP contribution in [0, 0.1) is 0 Å². The monoisotopic (exact) mass is 287 g/mol. The number of H-pyrrole nitrogens is 1. The van der Waals surface area contributed by atoms with Crippen molar-refractivity contribution in [2.45, 2.75) is 0 Å². The van der Waals surface area contributed by atoms with Crippen LogP contribution in [0.1, 0.15) is 15.2 Å². The van der Waals surface area contributed by atoms with E-state index < -0.39 is 0 Å². The molecule has 2 aromatic heterocycles. The Labute approximate surface area is 119 Å². The van der Waals surface area contributed by atoms with Gasteiger partial charge in [0.15, 0.2) is 5.78 Å². The number of halogens is 1. The fraction of sp³-hybridized carbons (Fsp3) is 0. The third-order valence-electron chi connectivity index (χ3n) is 2.85. The first kappa shape index (κ1) is 12.2. The predicted octanol–water partition coefficient (Wildman–Crippen LogP) is 4.78. The number of aromatic nitrogens is 1. The summed E-state index contributed by atoms with van der Waals surface area (Å²) in [6, 6.07) is 9.40. The first-order chi connectivity index (χ1) is 9.24. The fourth-order valence-corrected chi connectivity index (χ4v) is 2.73. The Hall–Kier alpha value is -1.84. The van der Waals surface area contributed by atoms with Gasteiger partial charge in [-0.2, -0.15) is 0 Å². The molecule has 0 bridgehead atoms. The van der Waals surface area contributed by atoms with E-state index in [0.717, 1.165) is 15.8 Å². The number of thiophene rings is 1. The number of carbonyl (C=O) groups excluding carboxylic acids is 1. The number of hydrogen-bond acceptors (Lipinski definition) is 2. The average Bonchev–Trinajstić information content (AvgIpc) is 3.04. The second-order valence-electron chi connectivity index (χ2n) is 4.11. The highest BCUT2D eigenvalue weighted by atomic mass is 35.5. The maximum absolute atomic E-state index is 12.2. The average molecular weight is 288 g/mol. The SMILES string of the molecule is O=C(C=Cc1cccs1)c1c[nH]c2cc(Cl)ccc12. The van der Waals surface area contributed by atoms with E-state index in [1.54, 1.807) is 29.7 Å². The molecular weight excluding hydrogens is 278 g/mol. The van der Waals surface area contributed by atoms with Crippen LogP contribution in [0.3, 0.4) is 0 Å². The van der Waals surface area contributed by atoms with E-state index in [9.17, 15) is 4.79 Å². The van der Waals surface area contributed by atoms with Gasteiger partial charge in [0.1, 0.15) is 0 Å². The number of fused-ring (bicyclic) bond motifs is 1. The minimum Gasteiger partial charge on any atom is -0.360 e. The van der Waals surface area contributed by atoms with Crippen LogP contribution < -0.4 is 0 Å². The smallest absolute Gasteiger partial charge is 0.188 e. The van der Waals surface area contributed by atoms with Crippen molar-refractivity contribution in [1.82, 2.24) is 4.98 Å².